The quantitative estimate of drug-likeness (QED) is 0.633. The predicted octanol–water partition coefficient (Wildman–Crippen LogP) is 0.560. The summed E-state index contributed by atoms with van der Waals surface area (Å²) in [6, 6.07) is 1.29. The van der Waals surface area contributed by atoms with Crippen LogP contribution in [0.1, 0.15) is 13.8 Å². The number of nitriles is 1. The van der Waals surface area contributed by atoms with Gasteiger partial charge in [0.15, 0.2) is 0 Å². The van der Waals surface area contributed by atoms with E-state index in [1.807, 2.05) is 13.0 Å². The summed E-state index contributed by atoms with van der Waals surface area (Å²) in [5.41, 5.74) is 0. The molecule has 0 aliphatic carbocycles. The lowest BCUT2D eigenvalue weighted by molar-refractivity contribution is 0.210. The van der Waals surface area contributed by atoms with Gasteiger partial charge in [-0.25, -0.2) is 4.79 Å². The van der Waals surface area contributed by atoms with E-state index in [1.165, 1.54) is 4.90 Å². The number of rotatable bonds is 2. The molecule has 0 heterocycles. The molecule has 0 aliphatic rings. The molecule has 4 nitrogen and oxygen atoms in total. The van der Waals surface area contributed by atoms with Gasteiger partial charge in [-0.1, -0.05) is 0 Å². The number of urea groups is 1. The molecular formula is C7H13N3O. The molecule has 0 radical (unpaired) electrons. The fraction of sp³-hybridized carbons (Fsp3) is 0.714. The van der Waals surface area contributed by atoms with Gasteiger partial charge >= 0.3 is 6.03 Å². The van der Waals surface area contributed by atoms with E-state index >= 15 is 0 Å². The van der Waals surface area contributed by atoms with Crippen LogP contribution >= 0.6 is 0 Å². The monoisotopic (exact) mass is 155 g/mol. The van der Waals surface area contributed by atoms with Gasteiger partial charge < -0.3 is 10.2 Å². The maximum atomic E-state index is 11.0. The Hall–Kier alpha value is -1.24. The van der Waals surface area contributed by atoms with Crippen LogP contribution in [0.15, 0.2) is 0 Å². The number of nitrogens with one attached hydrogen (secondary N) is 1. The minimum absolute atomic E-state index is 0.207. The number of carbonyl (C=O) groups is 1. The lowest BCUT2D eigenvalue weighted by Crippen LogP contribution is -2.41. The summed E-state index contributed by atoms with van der Waals surface area (Å²) >= 11 is 0. The highest BCUT2D eigenvalue weighted by Crippen LogP contribution is 1.85. The lowest BCUT2D eigenvalue weighted by atomic mass is 10.4. The second-order valence-corrected chi connectivity index (χ2v) is 2.31. The first-order valence-corrected chi connectivity index (χ1v) is 3.53. The minimum Gasteiger partial charge on any atom is -0.328 e. The van der Waals surface area contributed by atoms with Crippen LogP contribution in [0.2, 0.25) is 0 Å². The van der Waals surface area contributed by atoms with E-state index in [1.54, 1.807) is 14.0 Å². The van der Waals surface area contributed by atoms with E-state index in [0.717, 1.165) is 0 Å². The Morgan fingerprint density at radius 2 is 2.36 bits per heavy atom. The van der Waals surface area contributed by atoms with Gasteiger partial charge in [0, 0.05) is 13.6 Å². The fourth-order valence-corrected chi connectivity index (χ4v) is 0.471. The highest BCUT2D eigenvalue weighted by molar-refractivity contribution is 5.74. The summed E-state index contributed by atoms with van der Waals surface area (Å²) in [5, 5.41) is 10.9. The van der Waals surface area contributed by atoms with Crippen LogP contribution in [0.25, 0.3) is 0 Å². The van der Waals surface area contributed by atoms with Crippen LogP contribution < -0.4 is 5.32 Å². The molecule has 0 saturated heterocycles. The molecule has 1 atom stereocenters. The Kier molecular flexibility index (Phi) is 4.04. The molecular weight excluding hydrogens is 142 g/mol. The highest BCUT2D eigenvalue weighted by Gasteiger charge is 2.08. The van der Waals surface area contributed by atoms with E-state index in [0.29, 0.717) is 6.54 Å². The van der Waals surface area contributed by atoms with Crippen molar-refractivity contribution < 1.29 is 4.79 Å². The Labute approximate surface area is 66.8 Å². The lowest BCUT2D eigenvalue weighted by Gasteiger charge is -2.16. The molecule has 0 aromatic carbocycles. The van der Waals surface area contributed by atoms with Crippen molar-refractivity contribution in [3.8, 4) is 6.07 Å². The van der Waals surface area contributed by atoms with E-state index in [9.17, 15) is 4.79 Å². The maximum absolute atomic E-state index is 11.0. The van der Waals surface area contributed by atoms with Gasteiger partial charge in [-0.3, -0.25) is 0 Å². The molecule has 1 N–H and O–H groups in total. The fourth-order valence-electron chi connectivity index (χ4n) is 0.471. The Morgan fingerprint density at radius 1 is 1.82 bits per heavy atom. The SMILES string of the molecule is CCN(C)C(=O)NC(C)C#N. The van der Waals surface area contributed by atoms with Crippen molar-refractivity contribution in [2.45, 2.75) is 19.9 Å². The van der Waals surface area contributed by atoms with Gasteiger partial charge in [-0.05, 0) is 13.8 Å². The van der Waals surface area contributed by atoms with Crippen molar-refractivity contribution in [2.24, 2.45) is 0 Å². The van der Waals surface area contributed by atoms with Crippen molar-refractivity contribution in [1.82, 2.24) is 10.2 Å². The summed E-state index contributed by atoms with van der Waals surface area (Å²) in [4.78, 5) is 12.5. The minimum atomic E-state index is -0.420. The first kappa shape index (κ1) is 9.76. The summed E-state index contributed by atoms with van der Waals surface area (Å²) in [5.74, 6) is 0. The zero-order valence-electron chi connectivity index (χ0n) is 7.09. The topological polar surface area (TPSA) is 56.1 Å². The van der Waals surface area contributed by atoms with Crippen LogP contribution in [0, 0.1) is 11.3 Å². The molecule has 0 spiro atoms. The van der Waals surface area contributed by atoms with Gasteiger partial charge in [0.1, 0.15) is 6.04 Å². The number of hydrogen-bond donors (Lipinski definition) is 1. The molecule has 4 heteroatoms. The largest absolute Gasteiger partial charge is 0.328 e. The van der Waals surface area contributed by atoms with Crippen LogP contribution in [0.4, 0.5) is 4.79 Å². The summed E-state index contributed by atoms with van der Waals surface area (Å²) in [6.07, 6.45) is 0. The second kappa shape index (κ2) is 4.56. The van der Waals surface area contributed by atoms with Crippen LogP contribution in [0.3, 0.4) is 0 Å². The first-order chi connectivity index (χ1) is 5.11. The predicted molar refractivity (Wildman–Crippen MR) is 41.9 cm³/mol. The van der Waals surface area contributed by atoms with Gasteiger partial charge in [0.05, 0.1) is 6.07 Å². The first-order valence-electron chi connectivity index (χ1n) is 3.53. The average Bonchev–Trinajstić information content (AvgIpc) is 2.02. The highest BCUT2D eigenvalue weighted by atomic mass is 16.2. The van der Waals surface area contributed by atoms with Gasteiger partial charge in [-0.15, -0.1) is 0 Å². The molecule has 0 aliphatic heterocycles. The van der Waals surface area contributed by atoms with E-state index in [-0.39, 0.29) is 6.03 Å². The van der Waals surface area contributed by atoms with Crippen molar-refractivity contribution in [3.63, 3.8) is 0 Å². The summed E-state index contributed by atoms with van der Waals surface area (Å²) in [6.45, 7) is 4.15. The summed E-state index contributed by atoms with van der Waals surface area (Å²) < 4.78 is 0. The van der Waals surface area contributed by atoms with Gasteiger partial charge in [0.2, 0.25) is 0 Å². The summed E-state index contributed by atoms with van der Waals surface area (Å²) in [7, 11) is 1.68. The molecule has 2 amide bonds. The van der Waals surface area contributed by atoms with E-state index in [2.05, 4.69) is 5.32 Å². The normalized spacial score (nSPS) is 11.5. The van der Waals surface area contributed by atoms with Crippen molar-refractivity contribution in [1.29, 1.82) is 5.26 Å². The maximum Gasteiger partial charge on any atom is 0.318 e. The molecule has 0 fully saturated rings. The zero-order valence-corrected chi connectivity index (χ0v) is 7.09. The number of amides is 2. The van der Waals surface area contributed by atoms with Crippen molar-refractivity contribution in [2.75, 3.05) is 13.6 Å². The van der Waals surface area contributed by atoms with Crippen molar-refractivity contribution in [3.05, 3.63) is 0 Å². The Morgan fingerprint density at radius 3 is 2.73 bits per heavy atom. The average molecular weight is 155 g/mol. The van der Waals surface area contributed by atoms with E-state index < -0.39 is 6.04 Å². The van der Waals surface area contributed by atoms with Gasteiger partial charge in [-0.2, -0.15) is 5.26 Å². The third kappa shape index (κ3) is 3.46. The second-order valence-electron chi connectivity index (χ2n) is 2.31. The van der Waals surface area contributed by atoms with Crippen molar-refractivity contribution >= 4 is 6.03 Å². The molecule has 1 unspecified atom stereocenters. The third-order valence-electron chi connectivity index (χ3n) is 1.35. The molecule has 62 valence electrons. The molecule has 0 bridgehead atoms. The standard InChI is InChI=1S/C7H13N3O/c1-4-10(3)7(11)9-6(2)5-8/h6H,4H2,1-3H3,(H,9,11). The molecule has 11 heavy (non-hydrogen) atoms. The third-order valence-corrected chi connectivity index (χ3v) is 1.35. The van der Waals surface area contributed by atoms with Crippen LogP contribution in [-0.4, -0.2) is 30.6 Å². The number of hydrogen-bond acceptors (Lipinski definition) is 2. The molecule has 0 aromatic heterocycles. The molecule has 0 rings (SSSR count). The van der Waals surface area contributed by atoms with Crippen LogP contribution in [-0.2, 0) is 0 Å². The van der Waals surface area contributed by atoms with Gasteiger partial charge in [0.25, 0.3) is 0 Å². The smallest absolute Gasteiger partial charge is 0.318 e. The van der Waals surface area contributed by atoms with Crippen LogP contribution in [0.5, 0.6) is 0 Å². The zero-order chi connectivity index (χ0) is 8.85. The number of nitrogens with zero attached hydrogens (tertiary/aromatic N) is 2. The Bertz CT molecular complexity index is 173. The number of carbonyl (C=O) groups excluding carboxylic acids is 1. The molecule has 0 aromatic rings. The Balaban J connectivity index is 3.80. The molecule has 0 saturated carbocycles. The van der Waals surface area contributed by atoms with E-state index in [4.69, 9.17) is 5.26 Å².